The van der Waals surface area contributed by atoms with Crippen molar-refractivity contribution in [3.63, 3.8) is 0 Å². The summed E-state index contributed by atoms with van der Waals surface area (Å²) < 4.78 is 6.58. The number of hydrogen-bond acceptors (Lipinski definition) is 5. The van der Waals surface area contributed by atoms with E-state index in [-0.39, 0.29) is 5.60 Å². The van der Waals surface area contributed by atoms with Crippen molar-refractivity contribution in [1.82, 2.24) is 9.97 Å². The number of hydrogen-bond donors (Lipinski definition) is 2. The summed E-state index contributed by atoms with van der Waals surface area (Å²) >= 11 is 3.52. The van der Waals surface area contributed by atoms with E-state index in [4.69, 9.17) is 4.74 Å². The standard InChI is InChI=1S/C12H19BrN4O/c1-12(2)6-8(4-5-18-12)17-11-9(13)10(14-3)15-7-16-11/h7-8H,4-6H2,1-3H3,(H2,14,15,16,17). The Morgan fingerprint density at radius 3 is 2.78 bits per heavy atom. The zero-order chi connectivity index (χ0) is 13.2. The van der Waals surface area contributed by atoms with E-state index in [9.17, 15) is 0 Å². The smallest absolute Gasteiger partial charge is 0.146 e. The third-order valence-corrected chi connectivity index (χ3v) is 3.82. The van der Waals surface area contributed by atoms with Crippen molar-refractivity contribution in [1.29, 1.82) is 0 Å². The van der Waals surface area contributed by atoms with Gasteiger partial charge in [-0.1, -0.05) is 0 Å². The first-order valence-corrected chi connectivity index (χ1v) is 6.90. The maximum atomic E-state index is 5.71. The molecule has 2 N–H and O–H groups in total. The SMILES string of the molecule is CNc1ncnc(NC2CCOC(C)(C)C2)c1Br. The fraction of sp³-hybridized carbons (Fsp3) is 0.667. The fourth-order valence-corrected chi connectivity index (χ4v) is 2.71. The Bertz CT molecular complexity index is 425. The van der Waals surface area contributed by atoms with Gasteiger partial charge in [0.2, 0.25) is 0 Å². The minimum absolute atomic E-state index is 0.0682. The van der Waals surface area contributed by atoms with Crippen molar-refractivity contribution in [2.75, 3.05) is 24.3 Å². The largest absolute Gasteiger partial charge is 0.375 e. The average Bonchev–Trinajstić information content (AvgIpc) is 2.31. The first kappa shape index (κ1) is 13.5. The number of anilines is 2. The van der Waals surface area contributed by atoms with Crippen molar-refractivity contribution in [3.05, 3.63) is 10.8 Å². The van der Waals surface area contributed by atoms with Crippen LogP contribution in [0.3, 0.4) is 0 Å². The fourth-order valence-electron chi connectivity index (χ4n) is 2.19. The van der Waals surface area contributed by atoms with E-state index in [1.54, 1.807) is 6.33 Å². The molecule has 1 aliphatic heterocycles. The highest BCUT2D eigenvalue weighted by Gasteiger charge is 2.29. The van der Waals surface area contributed by atoms with Crippen LogP contribution in [0.15, 0.2) is 10.8 Å². The summed E-state index contributed by atoms with van der Waals surface area (Å²) in [7, 11) is 1.84. The Hall–Kier alpha value is -0.880. The molecule has 0 amide bonds. The molecule has 0 aromatic carbocycles. The Morgan fingerprint density at radius 2 is 2.11 bits per heavy atom. The van der Waals surface area contributed by atoms with Gasteiger partial charge >= 0.3 is 0 Å². The first-order valence-electron chi connectivity index (χ1n) is 6.10. The summed E-state index contributed by atoms with van der Waals surface area (Å²) in [4.78, 5) is 8.42. The molecule has 18 heavy (non-hydrogen) atoms. The van der Waals surface area contributed by atoms with Crippen LogP contribution < -0.4 is 10.6 Å². The van der Waals surface area contributed by atoms with Crippen LogP contribution in [0.1, 0.15) is 26.7 Å². The number of nitrogens with zero attached hydrogens (tertiary/aromatic N) is 2. The van der Waals surface area contributed by atoms with E-state index in [0.29, 0.717) is 6.04 Å². The van der Waals surface area contributed by atoms with E-state index < -0.39 is 0 Å². The molecule has 5 nitrogen and oxygen atoms in total. The van der Waals surface area contributed by atoms with Crippen LogP contribution in [0.5, 0.6) is 0 Å². The molecule has 1 aromatic heterocycles. The zero-order valence-corrected chi connectivity index (χ0v) is 12.5. The van der Waals surface area contributed by atoms with Crippen molar-refractivity contribution < 1.29 is 4.74 Å². The number of ether oxygens (including phenoxy) is 1. The second-order valence-electron chi connectivity index (χ2n) is 5.08. The van der Waals surface area contributed by atoms with Gasteiger partial charge in [0.25, 0.3) is 0 Å². The predicted molar refractivity (Wildman–Crippen MR) is 76.0 cm³/mol. The Labute approximate surface area is 116 Å². The lowest BCUT2D eigenvalue weighted by molar-refractivity contribution is -0.0553. The molecule has 6 heteroatoms. The van der Waals surface area contributed by atoms with Gasteiger partial charge in [0, 0.05) is 19.7 Å². The quantitative estimate of drug-likeness (QED) is 0.898. The first-order chi connectivity index (χ1) is 8.52. The molecule has 2 rings (SSSR count). The molecular weight excluding hydrogens is 296 g/mol. The normalized spacial score (nSPS) is 22.6. The summed E-state index contributed by atoms with van der Waals surface area (Å²) in [5.74, 6) is 1.62. The Morgan fingerprint density at radius 1 is 1.39 bits per heavy atom. The summed E-state index contributed by atoms with van der Waals surface area (Å²) in [6.07, 6.45) is 3.52. The summed E-state index contributed by atoms with van der Waals surface area (Å²) in [6, 6.07) is 0.379. The van der Waals surface area contributed by atoms with Gasteiger partial charge in [0.1, 0.15) is 22.4 Å². The van der Waals surface area contributed by atoms with E-state index in [2.05, 4.69) is 50.4 Å². The van der Waals surface area contributed by atoms with Crippen LogP contribution in [0.2, 0.25) is 0 Å². The highest BCUT2D eigenvalue weighted by Crippen LogP contribution is 2.30. The van der Waals surface area contributed by atoms with Gasteiger partial charge in [0.15, 0.2) is 0 Å². The van der Waals surface area contributed by atoms with Gasteiger partial charge in [0.05, 0.1) is 5.60 Å². The van der Waals surface area contributed by atoms with Gasteiger partial charge in [-0.2, -0.15) is 0 Å². The lowest BCUT2D eigenvalue weighted by atomic mass is 9.94. The minimum atomic E-state index is -0.0682. The van der Waals surface area contributed by atoms with E-state index in [1.807, 2.05) is 7.05 Å². The Balaban J connectivity index is 2.09. The maximum Gasteiger partial charge on any atom is 0.146 e. The summed E-state index contributed by atoms with van der Waals surface area (Å²) in [5.41, 5.74) is -0.0682. The molecule has 100 valence electrons. The van der Waals surface area contributed by atoms with Crippen LogP contribution in [0, 0.1) is 0 Å². The van der Waals surface area contributed by atoms with Crippen LogP contribution in [0.4, 0.5) is 11.6 Å². The molecule has 1 aliphatic rings. The molecule has 0 radical (unpaired) electrons. The Kier molecular flexibility index (Phi) is 4.07. The molecule has 0 spiro atoms. The average molecular weight is 315 g/mol. The van der Waals surface area contributed by atoms with Crippen LogP contribution in [0.25, 0.3) is 0 Å². The van der Waals surface area contributed by atoms with Crippen LogP contribution in [-0.4, -0.2) is 35.3 Å². The van der Waals surface area contributed by atoms with Crippen molar-refractivity contribution >= 4 is 27.6 Å². The van der Waals surface area contributed by atoms with Crippen LogP contribution in [-0.2, 0) is 4.74 Å². The lowest BCUT2D eigenvalue weighted by Gasteiger charge is -2.36. The van der Waals surface area contributed by atoms with Gasteiger partial charge in [-0.05, 0) is 42.6 Å². The third-order valence-electron chi connectivity index (χ3n) is 3.06. The van der Waals surface area contributed by atoms with Crippen LogP contribution >= 0.6 is 15.9 Å². The number of halogens is 1. The van der Waals surface area contributed by atoms with Gasteiger partial charge in [-0.25, -0.2) is 9.97 Å². The predicted octanol–water partition coefficient (Wildman–Crippen LogP) is 2.65. The molecule has 1 aromatic rings. The molecule has 1 atom stereocenters. The van der Waals surface area contributed by atoms with E-state index in [0.717, 1.165) is 35.6 Å². The van der Waals surface area contributed by atoms with Crippen molar-refractivity contribution in [3.8, 4) is 0 Å². The van der Waals surface area contributed by atoms with E-state index >= 15 is 0 Å². The zero-order valence-electron chi connectivity index (χ0n) is 11.0. The highest BCUT2D eigenvalue weighted by molar-refractivity contribution is 9.10. The van der Waals surface area contributed by atoms with Crippen molar-refractivity contribution in [2.45, 2.75) is 38.3 Å². The molecule has 2 heterocycles. The van der Waals surface area contributed by atoms with Gasteiger partial charge < -0.3 is 15.4 Å². The molecule has 0 aliphatic carbocycles. The van der Waals surface area contributed by atoms with Gasteiger partial charge in [-0.15, -0.1) is 0 Å². The minimum Gasteiger partial charge on any atom is -0.375 e. The second kappa shape index (κ2) is 5.40. The number of rotatable bonds is 3. The summed E-state index contributed by atoms with van der Waals surface area (Å²) in [6.45, 7) is 5.02. The molecule has 1 unspecified atom stereocenters. The molecule has 1 fully saturated rings. The molecular formula is C12H19BrN4O. The third kappa shape index (κ3) is 3.11. The van der Waals surface area contributed by atoms with E-state index in [1.165, 1.54) is 0 Å². The number of nitrogens with one attached hydrogen (secondary N) is 2. The van der Waals surface area contributed by atoms with Gasteiger partial charge in [-0.3, -0.25) is 0 Å². The number of aromatic nitrogens is 2. The molecule has 0 bridgehead atoms. The second-order valence-corrected chi connectivity index (χ2v) is 5.87. The monoisotopic (exact) mass is 314 g/mol. The topological polar surface area (TPSA) is 59.1 Å². The highest BCUT2D eigenvalue weighted by atomic mass is 79.9. The maximum absolute atomic E-state index is 5.71. The summed E-state index contributed by atoms with van der Waals surface area (Å²) in [5, 5.41) is 6.49. The van der Waals surface area contributed by atoms with Crippen molar-refractivity contribution in [2.24, 2.45) is 0 Å². The molecule has 0 saturated carbocycles. The molecule has 1 saturated heterocycles. The lowest BCUT2D eigenvalue weighted by Crippen LogP contribution is -2.40.